The van der Waals surface area contributed by atoms with E-state index in [1.54, 1.807) is 0 Å². The van der Waals surface area contributed by atoms with Gasteiger partial charge in [0.2, 0.25) is 16.8 Å². The molecule has 0 aromatic heterocycles. The van der Waals surface area contributed by atoms with Crippen molar-refractivity contribution in [2.75, 3.05) is 46.2 Å². The molecule has 0 aliphatic carbocycles. The fourth-order valence-corrected chi connectivity index (χ4v) is 8.79. The molecular weight excluding hydrogens is 694 g/mol. The Hall–Kier alpha value is -3.63. The summed E-state index contributed by atoms with van der Waals surface area (Å²) in [6.45, 7) is 6.75. The number of fused-ring (bicyclic) bond motifs is 2. The molecule has 2 aromatic carbocycles. The topological polar surface area (TPSA) is 176 Å². The maximum atomic E-state index is 14.5. The number of nitrogens with one attached hydrogen (secondary N) is 1. The van der Waals surface area contributed by atoms with Crippen molar-refractivity contribution in [1.82, 2.24) is 14.5 Å². The van der Waals surface area contributed by atoms with Gasteiger partial charge in [-0.2, -0.15) is 4.31 Å². The molecule has 52 heavy (non-hydrogen) atoms. The van der Waals surface area contributed by atoms with Crippen LogP contribution in [0, 0.1) is 11.3 Å². The van der Waals surface area contributed by atoms with Crippen LogP contribution in [0.15, 0.2) is 53.4 Å². The van der Waals surface area contributed by atoms with Gasteiger partial charge in [-0.25, -0.2) is 13.2 Å². The number of carbonyl (C=O) groups excluding carboxylic acids is 2. The number of rotatable bonds is 19. The fourth-order valence-electron chi connectivity index (χ4n) is 7.13. The maximum Gasteiger partial charge on any atom is 0.407 e. The lowest BCUT2D eigenvalue weighted by Crippen LogP contribution is -2.61. The molecule has 0 spiro atoms. The summed E-state index contributed by atoms with van der Waals surface area (Å²) in [6.07, 6.45) is 0.385. The molecule has 3 heterocycles. The smallest absolute Gasteiger partial charge is 0.407 e. The molecule has 3 aliphatic rings. The second-order valence-corrected chi connectivity index (χ2v) is 16.4. The zero-order valence-corrected chi connectivity index (χ0v) is 31.1. The van der Waals surface area contributed by atoms with E-state index in [1.165, 1.54) is 22.5 Å². The van der Waals surface area contributed by atoms with Crippen LogP contribution in [0.1, 0.15) is 64.9 Å². The van der Waals surface area contributed by atoms with Crippen LogP contribution in [0.25, 0.3) is 0 Å². The van der Waals surface area contributed by atoms with Crippen LogP contribution in [0.4, 0.5) is 9.59 Å². The lowest BCUT2D eigenvalue weighted by Gasteiger charge is -2.43. The van der Waals surface area contributed by atoms with Crippen molar-refractivity contribution in [2.24, 2.45) is 11.3 Å². The quantitative estimate of drug-likeness (QED) is 0.201. The van der Waals surface area contributed by atoms with Crippen molar-refractivity contribution < 1.29 is 51.9 Å². The number of unbranched alkanes of at least 4 members (excludes halogenated alkanes) is 2. The molecule has 0 bridgehead atoms. The molecule has 15 heteroatoms. The summed E-state index contributed by atoms with van der Waals surface area (Å²) in [5.41, 5.74) is 0.172. The highest BCUT2D eigenvalue weighted by Crippen LogP contribution is 2.38. The number of aliphatic hydroxyl groups is 1. The predicted molar refractivity (Wildman–Crippen MR) is 188 cm³/mol. The number of nitrogens with zero attached hydrogens (tertiary/aromatic N) is 2. The van der Waals surface area contributed by atoms with Gasteiger partial charge in [-0.3, -0.25) is 0 Å². The first-order valence-corrected chi connectivity index (χ1v) is 19.6. The second-order valence-electron chi connectivity index (χ2n) is 14.4. The van der Waals surface area contributed by atoms with Crippen LogP contribution >= 0.6 is 0 Å². The Kier molecular flexibility index (Phi) is 13.6. The van der Waals surface area contributed by atoms with Crippen LogP contribution in [-0.2, 0) is 30.7 Å². The minimum atomic E-state index is -4.26. The minimum Gasteiger partial charge on any atom is -0.530 e. The molecule has 288 valence electrons. The molecule has 2 N–H and O–H groups in total. The van der Waals surface area contributed by atoms with Crippen molar-refractivity contribution in [3.63, 3.8) is 0 Å². The van der Waals surface area contributed by atoms with E-state index in [2.05, 4.69) is 5.32 Å². The van der Waals surface area contributed by atoms with Crippen LogP contribution in [0.2, 0.25) is 0 Å². The molecule has 0 radical (unpaired) electrons. The number of hydrogen-bond acceptors (Lipinski definition) is 11. The Morgan fingerprint density at radius 2 is 1.85 bits per heavy atom. The monoisotopic (exact) mass is 746 g/mol. The Labute approximate surface area is 306 Å². The third-order valence-electron chi connectivity index (χ3n) is 9.92. The van der Waals surface area contributed by atoms with E-state index in [-0.39, 0.29) is 43.8 Å². The lowest BCUT2D eigenvalue weighted by atomic mass is 9.87. The number of amides is 2. The zero-order valence-electron chi connectivity index (χ0n) is 30.2. The number of sulfonamides is 1. The Bertz CT molecular complexity index is 1590. The van der Waals surface area contributed by atoms with Crippen LogP contribution < -0.4 is 19.9 Å². The molecule has 5 rings (SSSR count). The standard InChI is InChI=1S/C37H53N3O11S/c1-4-5-17-38-35(42)48-18-10-9-16-37(2,3)24-39(52(45,46)27-13-14-32-33(21-27)51-25-50-32)22-31(41)29(20-26-11-7-6-8-12-26)40(36(43)44)30-23-49-34-28(30)15-19-47-34/h6-8,11-14,21,28-31,34,41H,4-5,9-10,15-20,22-25H2,1-3H3,(H,38,42)(H,43,44)/p-1/t28-,29-,30-,31+,34+/m0/s1. The number of carbonyl (C=O) groups is 2. The fraction of sp³-hybridized carbons (Fsp3) is 0.622. The number of carboxylic acid groups (broad SMARTS) is 1. The molecule has 2 amide bonds. The predicted octanol–water partition coefficient (Wildman–Crippen LogP) is 3.51. The van der Waals surface area contributed by atoms with Crippen molar-refractivity contribution in [3.05, 3.63) is 54.1 Å². The largest absolute Gasteiger partial charge is 0.530 e. The SMILES string of the molecule is CCCCNC(=O)OCCCCC(C)(C)CN(C[C@@H](O)[C@H](Cc1ccccc1)N(C(=O)[O-])[C@H]1CO[C@H]2OCC[C@H]21)S(=O)(=O)c1ccc2c(c1)OCO2. The molecule has 2 aromatic rings. The summed E-state index contributed by atoms with van der Waals surface area (Å²) in [5, 5.41) is 27.8. The number of ether oxygens (including phenoxy) is 5. The Morgan fingerprint density at radius 3 is 2.60 bits per heavy atom. The van der Waals surface area contributed by atoms with E-state index in [0.29, 0.717) is 50.3 Å². The van der Waals surface area contributed by atoms with Gasteiger partial charge in [0.15, 0.2) is 17.8 Å². The highest BCUT2D eigenvalue weighted by molar-refractivity contribution is 7.89. The first-order valence-electron chi connectivity index (χ1n) is 18.1. The van der Waals surface area contributed by atoms with Crippen LogP contribution in [0.5, 0.6) is 11.5 Å². The molecule has 2 saturated heterocycles. The van der Waals surface area contributed by atoms with Crippen molar-refractivity contribution in [2.45, 2.75) is 95.1 Å². The summed E-state index contributed by atoms with van der Waals surface area (Å²) in [5.74, 6) is 0.467. The van der Waals surface area contributed by atoms with E-state index in [9.17, 15) is 28.2 Å². The van der Waals surface area contributed by atoms with E-state index in [1.807, 2.05) is 51.1 Å². The van der Waals surface area contributed by atoms with Gasteiger partial charge in [0.05, 0.1) is 42.9 Å². The summed E-state index contributed by atoms with van der Waals surface area (Å²) in [6, 6.07) is 11.8. The van der Waals surface area contributed by atoms with Crippen LogP contribution in [-0.4, -0.2) is 106 Å². The van der Waals surface area contributed by atoms with E-state index < -0.39 is 58.6 Å². The first-order chi connectivity index (χ1) is 24.9. The molecule has 0 saturated carbocycles. The Morgan fingerprint density at radius 1 is 1.08 bits per heavy atom. The number of alkyl carbamates (subject to hydrolysis) is 1. The summed E-state index contributed by atoms with van der Waals surface area (Å²) < 4.78 is 57.8. The van der Waals surface area contributed by atoms with E-state index >= 15 is 0 Å². The highest BCUT2D eigenvalue weighted by atomic mass is 32.2. The average Bonchev–Trinajstić information content (AvgIpc) is 3.86. The lowest BCUT2D eigenvalue weighted by molar-refractivity contribution is -0.273. The summed E-state index contributed by atoms with van der Waals surface area (Å²) in [4.78, 5) is 26.0. The molecule has 3 aliphatic heterocycles. The molecule has 0 unspecified atom stereocenters. The number of hydrogen-bond donors (Lipinski definition) is 2. The van der Waals surface area contributed by atoms with E-state index in [0.717, 1.165) is 23.3 Å². The van der Waals surface area contributed by atoms with Gasteiger partial charge in [0.1, 0.15) is 6.09 Å². The van der Waals surface area contributed by atoms with Gasteiger partial charge in [0, 0.05) is 31.6 Å². The van der Waals surface area contributed by atoms with Gasteiger partial charge < -0.3 is 48.9 Å². The maximum absolute atomic E-state index is 14.5. The third kappa shape index (κ3) is 10.1. The van der Waals surface area contributed by atoms with E-state index in [4.69, 9.17) is 23.7 Å². The number of aliphatic hydroxyl groups excluding tert-OH is 1. The molecular formula is C37H52N3O11S-. The second kappa shape index (κ2) is 17.9. The zero-order chi connectivity index (χ0) is 37.3. The first kappa shape index (κ1) is 39.6. The third-order valence-corrected chi connectivity index (χ3v) is 11.7. The molecule has 5 atom stereocenters. The summed E-state index contributed by atoms with van der Waals surface area (Å²) >= 11 is 0. The highest BCUT2D eigenvalue weighted by Gasteiger charge is 2.47. The van der Waals surface area contributed by atoms with Gasteiger partial charge in [-0.05, 0) is 61.6 Å². The van der Waals surface area contributed by atoms with Crippen molar-refractivity contribution >= 4 is 22.2 Å². The van der Waals surface area contributed by atoms with Gasteiger partial charge in [-0.15, -0.1) is 0 Å². The number of benzene rings is 2. The van der Waals surface area contributed by atoms with Gasteiger partial charge >= 0.3 is 6.09 Å². The Balaban J connectivity index is 1.38. The van der Waals surface area contributed by atoms with Gasteiger partial charge in [0.25, 0.3) is 0 Å². The van der Waals surface area contributed by atoms with Crippen molar-refractivity contribution in [1.29, 1.82) is 0 Å². The van der Waals surface area contributed by atoms with Crippen molar-refractivity contribution in [3.8, 4) is 11.5 Å². The molecule has 14 nitrogen and oxygen atoms in total. The average molecular weight is 747 g/mol. The normalized spacial score (nSPS) is 20.8. The molecule has 2 fully saturated rings. The van der Waals surface area contributed by atoms with Gasteiger partial charge in [-0.1, -0.05) is 57.5 Å². The summed E-state index contributed by atoms with van der Waals surface area (Å²) in [7, 11) is -4.26. The van der Waals surface area contributed by atoms with Crippen LogP contribution in [0.3, 0.4) is 0 Å². The minimum absolute atomic E-state index is 0.00759.